The molecule has 3 rings (SSSR count). The number of nitrogens with one attached hydrogen (secondary N) is 2. The number of alkyl halides is 2. The minimum Gasteiger partial charge on any atom is -0.481 e. The average Bonchev–Trinajstić information content (AvgIpc) is 3.10. The van der Waals surface area contributed by atoms with E-state index < -0.39 is 42.9 Å². The Morgan fingerprint density at radius 1 is 0.971 bits per heavy atom. The summed E-state index contributed by atoms with van der Waals surface area (Å²) in [6, 6.07) is 13.0. The molecule has 0 radical (unpaired) electrons. The van der Waals surface area contributed by atoms with Crippen LogP contribution in [0.1, 0.15) is 49.7 Å². The van der Waals surface area contributed by atoms with E-state index >= 15 is 0 Å². The summed E-state index contributed by atoms with van der Waals surface area (Å²) in [7, 11) is 0. The smallest absolute Gasteiger partial charge is 0.407 e. The molecule has 3 N–H and O–H groups in total. The van der Waals surface area contributed by atoms with Gasteiger partial charge in [0.15, 0.2) is 0 Å². The molecule has 0 fully saturated rings. The Morgan fingerprint density at radius 2 is 1.56 bits per heavy atom. The van der Waals surface area contributed by atoms with Gasteiger partial charge >= 0.3 is 12.1 Å². The van der Waals surface area contributed by atoms with E-state index in [9.17, 15) is 23.2 Å². The van der Waals surface area contributed by atoms with Crippen LogP contribution in [0.5, 0.6) is 0 Å². The second-order valence-corrected chi connectivity index (χ2v) is 8.27. The fourth-order valence-electron chi connectivity index (χ4n) is 4.27. The van der Waals surface area contributed by atoms with Gasteiger partial charge in [-0.1, -0.05) is 61.9 Å². The first-order valence-corrected chi connectivity index (χ1v) is 11.2. The number of alkyl carbamates (subject to hydrolysis) is 1. The molecule has 7 nitrogen and oxygen atoms in total. The number of carbonyl (C=O) groups is 3. The van der Waals surface area contributed by atoms with Crippen molar-refractivity contribution >= 4 is 18.0 Å². The normalized spacial score (nSPS) is 14.1. The van der Waals surface area contributed by atoms with Gasteiger partial charge in [0.2, 0.25) is 5.91 Å². The quantitative estimate of drug-likeness (QED) is 0.450. The van der Waals surface area contributed by atoms with Crippen LogP contribution in [0.3, 0.4) is 0 Å². The zero-order valence-corrected chi connectivity index (χ0v) is 18.8. The third-order valence-electron chi connectivity index (χ3n) is 5.78. The first kappa shape index (κ1) is 25.1. The topological polar surface area (TPSA) is 105 Å². The van der Waals surface area contributed by atoms with Crippen molar-refractivity contribution in [2.24, 2.45) is 0 Å². The van der Waals surface area contributed by atoms with E-state index in [1.54, 1.807) is 0 Å². The molecule has 2 unspecified atom stereocenters. The molecule has 0 spiro atoms. The molecule has 0 aliphatic heterocycles. The molecular formula is C25H28F2N2O5. The number of carboxylic acids is 1. The van der Waals surface area contributed by atoms with Crippen molar-refractivity contribution in [1.29, 1.82) is 0 Å². The van der Waals surface area contributed by atoms with Crippen LogP contribution in [0.15, 0.2) is 48.5 Å². The largest absolute Gasteiger partial charge is 0.481 e. The van der Waals surface area contributed by atoms with Crippen molar-refractivity contribution in [2.45, 2.75) is 57.0 Å². The molecule has 9 heteroatoms. The zero-order valence-electron chi connectivity index (χ0n) is 18.8. The predicted molar refractivity (Wildman–Crippen MR) is 122 cm³/mol. The molecule has 1 aliphatic carbocycles. The summed E-state index contributed by atoms with van der Waals surface area (Å²) in [6.45, 7) is 1.78. The van der Waals surface area contributed by atoms with Gasteiger partial charge in [0.1, 0.15) is 12.6 Å². The van der Waals surface area contributed by atoms with Crippen LogP contribution in [0.4, 0.5) is 13.6 Å². The van der Waals surface area contributed by atoms with E-state index in [-0.39, 0.29) is 18.9 Å². The van der Waals surface area contributed by atoms with Crippen molar-refractivity contribution in [1.82, 2.24) is 10.6 Å². The van der Waals surface area contributed by atoms with Gasteiger partial charge in [-0.15, -0.1) is 0 Å². The molecule has 0 heterocycles. The Bertz CT molecular complexity index is 984. The summed E-state index contributed by atoms with van der Waals surface area (Å²) >= 11 is 0. The Kier molecular flexibility index (Phi) is 8.56. The van der Waals surface area contributed by atoms with Crippen LogP contribution in [0.2, 0.25) is 0 Å². The Balaban J connectivity index is 1.58. The van der Waals surface area contributed by atoms with Gasteiger partial charge in [-0.05, 0) is 28.7 Å². The lowest BCUT2D eigenvalue weighted by Gasteiger charge is -2.21. The summed E-state index contributed by atoms with van der Waals surface area (Å²) in [4.78, 5) is 35.5. The first-order valence-electron chi connectivity index (χ1n) is 11.2. The maximum atomic E-state index is 13.5. The number of halogens is 2. The number of carboxylic acid groups (broad SMARTS) is 1. The number of aliphatic carboxylic acids is 1. The lowest BCUT2D eigenvalue weighted by Crippen LogP contribution is -2.46. The van der Waals surface area contributed by atoms with Gasteiger partial charge in [-0.2, -0.15) is 0 Å². The average molecular weight is 475 g/mol. The van der Waals surface area contributed by atoms with Crippen molar-refractivity contribution in [3.05, 3.63) is 59.7 Å². The minimum atomic E-state index is -3.00. The third kappa shape index (κ3) is 6.30. The molecule has 182 valence electrons. The Morgan fingerprint density at radius 3 is 2.09 bits per heavy atom. The standard InChI is InChI=1S/C25H28F2N2O5/c1-2-7-15(12-23(31)32)28-22(30)13-21(24(26)27)29-25(33)34-14-20-18-10-5-3-8-16(18)17-9-4-6-11-19(17)20/h3-6,8-11,15,20-21,24H,2,7,12-14H2,1H3,(H,28,30)(H,29,33)(H,31,32). The summed E-state index contributed by atoms with van der Waals surface area (Å²) < 4.78 is 32.3. The molecule has 0 saturated carbocycles. The van der Waals surface area contributed by atoms with Crippen LogP contribution in [-0.2, 0) is 14.3 Å². The van der Waals surface area contributed by atoms with Crippen LogP contribution >= 0.6 is 0 Å². The van der Waals surface area contributed by atoms with Gasteiger partial charge in [0, 0.05) is 12.0 Å². The maximum absolute atomic E-state index is 13.5. The highest BCUT2D eigenvalue weighted by Crippen LogP contribution is 2.44. The number of hydrogen-bond acceptors (Lipinski definition) is 4. The Labute approximate surface area is 196 Å². The Hall–Kier alpha value is -3.49. The van der Waals surface area contributed by atoms with E-state index in [1.165, 1.54) is 0 Å². The van der Waals surface area contributed by atoms with Crippen molar-refractivity contribution in [3.63, 3.8) is 0 Å². The second-order valence-electron chi connectivity index (χ2n) is 8.27. The van der Waals surface area contributed by atoms with Crippen LogP contribution in [0.25, 0.3) is 11.1 Å². The summed E-state index contributed by atoms with van der Waals surface area (Å²) in [6.07, 6.45) is -4.03. The minimum absolute atomic E-state index is 0.0425. The predicted octanol–water partition coefficient (Wildman–Crippen LogP) is 4.31. The lowest BCUT2D eigenvalue weighted by molar-refractivity contribution is -0.137. The molecule has 2 aromatic carbocycles. The van der Waals surface area contributed by atoms with E-state index in [4.69, 9.17) is 9.84 Å². The summed E-state index contributed by atoms with van der Waals surface area (Å²) in [5.41, 5.74) is 4.05. The van der Waals surface area contributed by atoms with E-state index in [0.717, 1.165) is 22.3 Å². The van der Waals surface area contributed by atoms with Gasteiger partial charge in [0.25, 0.3) is 6.43 Å². The van der Waals surface area contributed by atoms with Crippen LogP contribution < -0.4 is 10.6 Å². The molecule has 0 aromatic heterocycles. The van der Waals surface area contributed by atoms with Crippen molar-refractivity contribution < 1.29 is 33.0 Å². The number of hydrogen-bond donors (Lipinski definition) is 3. The number of fused-ring (bicyclic) bond motifs is 3. The molecule has 0 bridgehead atoms. The highest BCUT2D eigenvalue weighted by molar-refractivity contribution is 5.80. The molecular weight excluding hydrogens is 446 g/mol. The van der Waals surface area contributed by atoms with Gasteiger partial charge in [-0.3, -0.25) is 9.59 Å². The van der Waals surface area contributed by atoms with Crippen molar-refractivity contribution in [2.75, 3.05) is 6.61 Å². The molecule has 2 aromatic rings. The fourth-order valence-corrected chi connectivity index (χ4v) is 4.27. The lowest BCUT2D eigenvalue weighted by atomic mass is 9.98. The number of carbonyl (C=O) groups excluding carboxylic acids is 2. The number of benzene rings is 2. The number of rotatable bonds is 11. The fraction of sp³-hybridized carbons (Fsp3) is 0.400. The van der Waals surface area contributed by atoms with Gasteiger partial charge in [0.05, 0.1) is 12.8 Å². The monoisotopic (exact) mass is 474 g/mol. The van der Waals surface area contributed by atoms with Gasteiger partial charge in [-0.25, -0.2) is 13.6 Å². The van der Waals surface area contributed by atoms with Crippen LogP contribution in [-0.4, -0.2) is 48.2 Å². The van der Waals surface area contributed by atoms with E-state index in [0.29, 0.717) is 12.8 Å². The maximum Gasteiger partial charge on any atom is 0.407 e. The van der Waals surface area contributed by atoms with E-state index in [1.807, 2.05) is 55.5 Å². The molecule has 2 atom stereocenters. The second kappa shape index (κ2) is 11.6. The summed E-state index contributed by atoms with van der Waals surface area (Å²) in [5.74, 6) is -2.08. The highest BCUT2D eigenvalue weighted by Gasteiger charge is 2.31. The third-order valence-corrected chi connectivity index (χ3v) is 5.78. The number of ether oxygens (including phenoxy) is 1. The molecule has 1 aliphatic rings. The van der Waals surface area contributed by atoms with Crippen molar-refractivity contribution in [3.8, 4) is 11.1 Å². The summed E-state index contributed by atoms with van der Waals surface area (Å²) in [5, 5.41) is 13.5. The van der Waals surface area contributed by atoms with E-state index in [2.05, 4.69) is 10.6 Å². The van der Waals surface area contributed by atoms with Gasteiger partial charge < -0.3 is 20.5 Å². The van der Waals surface area contributed by atoms with Crippen LogP contribution in [0, 0.1) is 0 Å². The first-order chi connectivity index (χ1) is 16.3. The molecule has 2 amide bonds. The highest BCUT2D eigenvalue weighted by atomic mass is 19.3. The SMILES string of the molecule is CCCC(CC(=O)O)NC(=O)CC(NC(=O)OCC1c2ccccc2-c2ccccc21)C(F)F. The molecule has 34 heavy (non-hydrogen) atoms. The molecule has 0 saturated heterocycles. The number of amides is 2. The zero-order chi connectivity index (χ0) is 24.7.